The molecule has 0 aromatic carbocycles. The predicted molar refractivity (Wildman–Crippen MR) is 77.5 cm³/mol. The molecule has 0 spiro atoms. The van der Waals surface area contributed by atoms with Crippen molar-refractivity contribution < 1.29 is 9.47 Å². The van der Waals surface area contributed by atoms with Crippen LogP contribution in [0.1, 0.15) is 39.5 Å². The Kier molecular flexibility index (Phi) is 5.23. The summed E-state index contributed by atoms with van der Waals surface area (Å²) in [7, 11) is 3.84. The average Bonchev–Trinajstić information content (AvgIpc) is 2.87. The number of nitrogens with zero attached hydrogens (tertiary/aromatic N) is 1. The fourth-order valence-corrected chi connectivity index (χ4v) is 3.21. The first kappa shape index (κ1) is 15.2. The van der Waals surface area contributed by atoms with Crippen molar-refractivity contribution in [3.8, 4) is 0 Å². The van der Waals surface area contributed by atoms with Crippen LogP contribution in [0.3, 0.4) is 0 Å². The Bertz CT molecular complexity index is 283. The summed E-state index contributed by atoms with van der Waals surface area (Å²) in [6.45, 7) is 7.56. The summed E-state index contributed by atoms with van der Waals surface area (Å²) in [5.41, 5.74) is -0.0417. The fraction of sp³-hybridized carbons (Fsp3) is 1.00. The minimum Gasteiger partial charge on any atom is -0.379 e. The van der Waals surface area contributed by atoms with Crippen molar-refractivity contribution >= 4 is 0 Å². The number of fused-ring (bicyclic) bond motifs is 1. The molecular formula is C15H30N2O2. The molecule has 19 heavy (non-hydrogen) atoms. The first-order valence-corrected chi connectivity index (χ1v) is 7.64. The Balaban J connectivity index is 1.84. The highest BCUT2D eigenvalue weighted by Gasteiger charge is 2.35. The Morgan fingerprint density at radius 1 is 1.47 bits per heavy atom. The molecule has 2 aliphatic heterocycles. The number of morpholine rings is 1. The Morgan fingerprint density at radius 3 is 2.95 bits per heavy atom. The van der Waals surface area contributed by atoms with Crippen molar-refractivity contribution in [2.24, 2.45) is 0 Å². The van der Waals surface area contributed by atoms with Crippen LogP contribution in [0, 0.1) is 0 Å². The van der Waals surface area contributed by atoms with Crippen LogP contribution in [-0.4, -0.2) is 62.5 Å². The number of likely N-dealkylation sites (N-methyl/N-ethyl adjacent to an activating group) is 1. The maximum atomic E-state index is 6.10. The van der Waals surface area contributed by atoms with Crippen LogP contribution in [0.4, 0.5) is 0 Å². The van der Waals surface area contributed by atoms with Crippen molar-refractivity contribution in [3.05, 3.63) is 0 Å². The summed E-state index contributed by atoms with van der Waals surface area (Å²) in [4.78, 5) is 2.61. The molecule has 0 amide bonds. The van der Waals surface area contributed by atoms with E-state index in [0.29, 0.717) is 18.2 Å². The summed E-state index contributed by atoms with van der Waals surface area (Å²) in [6.07, 6.45) is 5.13. The Morgan fingerprint density at radius 2 is 2.26 bits per heavy atom. The number of rotatable bonds is 6. The van der Waals surface area contributed by atoms with Gasteiger partial charge in [-0.25, -0.2) is 0 Å². The monoisotopic (exact) mass is 270 g/mol. The topological polar surface area (TPSA) is 33.7 Å². The highest BCUT2D eigenvalue weighted by molar-refractivity contribution is 4.90. The average molecular weight is 270 g/mol. The van der Waals surface area contributed by atoms with Gasteiger partial charge in [-0.3, -0.25) is 4.90 Å². The van der Waals surface area contributed by atoms with E-state index in [1.165, 1.54) is 19.4 Å². The van der Waals surface area contributed by atoms with Gasteiger partial charge in [-0.05, 0) is 53.1 Å². The van der Waals surface area contributed by atoms with Gasteiger partial charge in [0, 0.05) is 25.7 Å². The number of nitrogens with one attached hydrogen (secondary N) is 1. The second kappa shape index (κ2) is 6.53. The van der Waals surface area contributed by atoms with E-state index in [1.54, 1.807) is 7.11 Å². The van der Waals surface area contributed by atoms with Gasteiger partial charge in [0.05, 0.1) is 18.3 Å². The molecule has 0 aromatic heterocycles. The largest absolute Gasteiger partial charge is 0.379 e. The molecule has 1 N–H and O–H groups in total. The van der Waals surface area contributed by atoms with Crippen LogP contribution in [0.15, 0.2) is 0 Å². The predicted octanol–water partition coefficient (Wildman–Crippen LogP) is 1.64. The molecule has 4 heteroatoms. The van der Waals surface area contributed by atoms with E-state index in [-0.39, 0.29) is 5.60 Å². The van der Waals surface area contributed by atoms with Crippen molar-refractivity contribution in [1.82, 2.24) is 10.2 Å². The molecular weight excluding hydrogens is 240 g/mol. The third-order valence-corrected chi connectivity index (χ3v) is 4.85. The lowest BCUT2D eigenvalue weighted by Gasteiger charge is -2.39. The molecule has 2 rings (SSSR count). The molecule has 0 aromatic rings. The Hall–Kier alpha value is -0.160. The molecule has 0 saturated carbocycles. The molecule has 2 heterocycles. The van der Waals surface area contributed by atoms with Crippen LogP contribution in [0.2, 0.25) is 0 Å². The van der Waals surface area contributed by atoms with Crippen LogP contribution >= 0.6 is 0 Å². The zero-order chi connectivity index (χ0) is 13.9. The van der Waals surface area contributed by atoms with E-state index >= 15 is 0 Å². The summed E-state index contributed by atoms with van der Waals surface area (Å²) in [5, 5.41) is 3.44. The van der Waals surface area contributed by atoms with Crippen LogP contribution in [0.25, 0.3) is 0 Å². The first-order valence-electron chi connectivity index (χ1n) is 7.64. The van der Waals surface area contributed by atoms with Crippen molar-refractivity contribution in [2.45, 2.75) is 63.3 Å². The van der Waals surface area contributed by atoms with Gasteiger partial charge >= 0.3 is 0 Å². The minimum atomic E-state index is -0.0417. The molecule has 2 fully saturated rings. The first-order chi connectivity index (χ1) is 9.05. The fourth-order valence-electron chi connectivity index (χ4n) is 3.21. The lowest BCUT2D eigenvalue weighted by Crippen LogP contribution is -2.53. The van der Waals surface area contributed by atoms with E-state index < -0.39 is 0 Å². The summed E-state index contributed by atoms with van der Waals surface area (Å²) in [6, 6.07) is 1.11. The van der Waals surface area contributed by atoms with Crippen molar-refractivity contribution in [3.63, 3.8) is 0 Å². The highest BCUT2D eigenvalue weighted by Crippen LogP contribution is 2.26. The minimum absolute atomic E-state index is 0.0417. The standard InChI is InChI=1S/C15H30N2O2/c1-15(2,18-4)8-7-13(16-3)14-10-17-9-5-6-12(17)11-19-14/h12-14,16H,5-11H2,1-4H3. The van der Waals surface area contributed by atoms with Gasteiger partial charge in [0.1, 0.15) is 0 Å². The van der Waals surface area contributed by atoms with Gasteiger partial charge in [-0.1, -0.05) is 0 Å². The zero-order valence-corrected chi connectivity index (χ0v) is 12.9. The van der Waals surface area contributed by atoms with E-state index in [0.717, 1.165) is 26.0 Å². The van der Waals surface area contributed by atoms with E-state index in [9.17, 15) is 0 Å². The van der Waals surface area contributed by atoms with Crippen molar-refractivity contribution in [1.29, 1.82) is 0 Å². The second-order valence-corrected chi connectivity index (χ2v) is 6.56. The lowest BCUT2D eigenvalue weighted by molar-refractivity contribution is -0.0688. The number of ether oxygens (including phenoxy) is 2. The third-order valence-electron chi connectivity index (χ3n) is 4.85. The molecule has 0 bridgehead atoms. The normalized spacial score (nSPS) is 30.3. The van der Waals surface area contributed by atoms with Crippen molar-refractivity contribution in [2.75, 3.05) is 33.9 Å². The quantitative estimate of drug-likeness (QED) is 0.795. The van der Waals surface area contributed by atoms with Gasteiger partial charge in [0.15, 0.2) is 0 Å². The summed E-state index contributed by atoms with van der Waals surface area (Å²) < 4.78 is 11.6. The van der Waals surface area contributed by atoms with E-state index in [2.05, 4.69) is 24.1 Å². The highest BCUT2D eigenvalue weighted by atomic mass is 16.5. The van der Waals surface area contributed by atoms with E-state index in [4.69, 9.17) is 9.47 Å². The number of methoxy groups -OCH3 is 1. The molecule has 112 valence electrons. The van der Waals surface area contributed by atoms with Gasteiger partial charge in [0.2, 0.25) is 0 Å². The SMILES string of the molecule is CNC(CCC(C)(C)OC)C1CN2CCCC2CO1. The second-order valence-electron chi connectivity index (χ2n) is 6.56. The molecule has 3 unspecified atom stereocenters. The molecule has 4 nitrogen and oxygen atoms in total. The molecule has 2 aliphatic rings. The molecule has 2 saturated heterocycles. The number of hydrogen-bond donors (Lipinski definition) is 1. The van der Waals surface area contributed by atoms with Crippen LogP contribution < -0.4 is 5.32 Å². The van der Waals surface area contributed by atoms with Crippen LogP contribution in [-0.2, 0) is 9.47 Å². The summed E-state index contributed by atoms with van der Waals surface area (Å²) >= 11 is 0. The molecule has 0 radical (unpaired) electrons. The van der Waals surface area contributed by atoms with Gasteiger partial charge in [-0.15, -0.1) is 0 Å². The lowest BCUT2D eigenvalue weighted by atomic mass is 9.95. The zero-order valence-electron chi connectivity index (χ0n) is 12.9. The van der Waals surface area contributed by atoms with Gasteiger partial charge in [-0.2, -0.15) is 0 Å². The smallest absolute Gasteiger partial charge is 0.0855 e. The maximum Gasteiger partial charge on any atom is 0.0855 e. The number of hydrogen-bond acceptors (Lipinski definition) is 4. The third kappa shape index (κ3) is 3.91. The van der Waals surface area contributed by atoms with E-state index in [1.807, 2.05) is 7.05 Å². The van der Waals surface area contributed by atoms with Crippen LogP contribution in [0.5, 0.6) is 0 Å². The molecule has 0 aliphatic carbocycles. The Labute approximate surface area is 117 Å². The maximum absolute atomic E-state index is 6.10. The van der Waals surface area contributed by atoms with Gasteiger partial charge < -0.3 is 14.8 Å². The summed E-state index contributed by atoms with van der Waals surface area (Å²) in [5.74, 6) is 0. The molecule has 3 atom stereocenters. The van der Waals surface area contributed by atoms with Gasteiger partial charge in [0.25, 0.3) is 0 Å².